The Morgan fingerprint density at radius 3 is 2.81 bits per heavy atom. The summed E-state index contributed by atoms with van der Waals surface area (Å²) in [5.74, 6) is -0.723. The summed E-state index contributed by atoms with van der Waals surface area (Å²) in [4.78, 5) is 10.9. The molecule has 0 aromatic rings. The molecule has 94 valence electrons. The highest BCUT2D eigenvalue weighted by Gasteiger charge is 2.26. The maximum absolute atomic E-state index is 10.9. The Bertz CT molecular complexity index is 206. The van der Waals surface area contributed by atoms with Crippen LogP contribution in [0.3, 0.4) is 0 Å². The standard InChI is InChI=1S/C13H25NO2/c1-2-3-4-5-9-14-12-8-6-7-11(10-12)13(15)16/h11-12,14H,2-10H2,1H3,(H,15,16). The molecule has 1 aliphatic carbocycles. The summed E-state index contributed by atoms with van der Waals surface area (Å²) in [5, 5.41) is 12.5. The number of aliphatic carboxylic acids is 1. The predicted molar refractivity (Wildman–Crippen MR) is 65.5 cm³/mol. The molecule has 3 nitrogen and oxygen atoms in total. The fraction of sp³-hybridized carbons (Fsp3) is 0.923. The molecule has 1 aliphatic rings. The summed E-state index contributed by atoms with van der Waals surface area (Å²) in [6.07, 6.45) is 8.99. The number of unbranched alkanes of at least 4 members (excludes halogenated alkanes) is 3. The van der Waals surface area contributed by atoms with Gasteiger partial charge in [-0.15, -0.1) is 0 Å². The Balaban J connectivity index is 2.10. The van der Waals surface area contributed by atoms with Crippen molar-refractivity contribution in [1.82, 2.24) is 5.32 Å². The second-order valence-corrected chi connectivity index (χ2v) is 4.91. The number of hydrogen-bond donors (Lipinski definition) is 2. The summed E-state index contributed by atoms with van der Waals surface area (Å²) >= 11 is 0. The van der Waals surface area contributed by atoms with E-state index in [4.69, 9.17) is 5.11 Å². The van der Waals surface area contributed by atoms with Crippen molar-refractivity contribution in [3.05, 3.63) is 0 Å². The van der Waals surface area contributed by atoms with Gasteiger partial charge < -0.3 is 10.4 Å². The summed E-state index contributed by atoms with van der Waals surface area (Å²) in [6, 6.07) is 0.441. The molecule has 0 amide bonds. The largest absolute Gasteiger partial charge is 0.481 e. The maximum Gasteiger partial charge on any atom is 0.306 e. The van der Waals surface area contributed by atoms with E-state index in [1.54, 1.807) is 0 Å². The van der Waals surface area contributed by atoms with E-state index in [0.29, 0.717) is 6.04 Å². The quantitative estimate of drug-likeness (QED) is 0.657. The minimum atomic E-state index is -0.613. The number of rotatable bonds is 7. The lowest BCUT2D eigenvalue weighted by Crippen LogP contribution is -2.36. The zero-order valence-electron chi connectivity index (χ0n) is 10.4. The van der Waals surface area contributed by atoms with Crippen molar-refractivity contribution in [2.24, 2.45) is 5.92 Å². The average Bonchev–Trinajstić information content (AvgIpc) is 2.29. The topological polar surface area (TPSA) is 49.3 Å². The maximum atomic E-state index is 10.9. The van der Waals surface area contributed by atoms with Gasteiger partial charge in [0.05, 0.1) is 5.92 Å². The molecule has 1 fully saturated rings. The van der Waals surface area contributed by atoms with Gasteiger partial charge in [-0.3, -0.25) is 4.79 Å². The smallest absolute Gasteiger partial charge is 0.306 e. The van der Waals surface area contributed by atoms with E-state index in [-0.39, 0.29) is 5.92 Å². The third-order valence-electron chi connectivity index (χ3n) is 3.49. The first kappa shape index (κ1) is 13.5. The average molecular weight is 227 g/mol. The van der Waals surface area contributed by atoms with Crippen molar-refractivity contribution in [1.29, 1.82) is 0 Å². The van der Waals surface area contributed by atoms with Crippen LogP contribution < -0.4 is 5.32 Å². The molecule has 0 aromatic heterocycles. The molecule has 0 aliphatic heterocycles. The summed E-state index contributed by atoms with van der Waals surface area (Å²) in [7, 11) is 0. The lowest BCUT2D eigenvalue weighted by atomic mass is 9.86. The van der Waals surface area contributed by atoms with Gasteiger partial charge >= 0.3 is 5.97 Å². The van der Waals surface area contributed by atoms with Crippen LogP contribution in [0.25, 0.3) is 0 Å². The van der Waals surface area contributed by atoms with Gasteiger partial charge in [0.25, 0.3) is 0 Å². The van der Waals surface area contributed by atoms with Crippen molar-refractivity contribution < 1.29 is 9.90 Å². The fourth-order valence-corrected chi connectivity index (χ4v) is 2.46. The van der Waals surface area contributed by atoms with E-state index < -0.39 is 5.97 Å². The molecule has 16 heavy (non-hydrogen) atoms. The molecule has 0 spiro atoms. The Morgan fingerprint density at radius 2 is 2.12 bits per heavy atom. The summed E-state index contributed by atoms with van der Waals surface area (Å²) < 4.78 is 0. The summed E-state index contributed by atoms with van der Waals surface area (Å²) in [6.45, 7) is 3.27. The van der Waals surface area contributed by atoms with E-state index in [1.807, 2.05) is 0 Å². The highest BCUT2D eigenvalue weighted by molar-refractivity contribution is 5.70. The number of carboxylic acid groups (broad SMARTS) is 1. The number of hydrogen-bond acceptors (Lipinski definition) is 2. The van der Waals surface area contributed by atoms with Gasteiger partial charge in [-0.1, -0.05) is 32.6 Å². The van der Waals surface area contributed by atoms with Crippen LogP contribution in [0.2, 0.25) is 0 Å². The summed E-state index contributed by atoms with van der Waals surface area (Å²) in [5.41, 5.74) is 0. The van der Waals surface area contributed by atoms with Crippen molar-refractivity contribution in [2.75, 3.05) is 6.54 Å². The van der Waals surface area contributed by atoms with E-state index in [2.05, 4.69) is 12.2 Å². The van der Waals surface area contributed by atoms with E-state index in [1.165, 1.54) is 25.7 Å². The van der Waals surface area contributed by atoms with Crippen LogP contribution >= 0.6 is 0 Å². The van der Waals surface area contributed by atoms with Gasteiger partial charge in [-0.25, -0.2) is 0 Å². The van der Waals surface area contributed by atoms with Gasteiger partial charge in [0.15, 0.2) is 0 Å². The molecule has 1 rings (SSSR count). The molecule has 0 bridgehead atoms. The molecule has 1 saturated carbocycles. The molecule has 0 radical (unpaired) electrons. The van der Waals surface area contributed by atoms with E-state index >= 15 is 0 Å². The molecule has 2 atom stereocenters. The van der Waals surface area contributed by atoms with Gasteiger partial charge in [-0.2, -0.15) is 0 Å². The van der Waals surface area contributed by atoms with Gasteiger partial charge in [0.2, 0.25) is 0 Å². The third-order valence-corrected chi connectivity index (χ3v) is 3.49. The number of carboxylic acids is 1. The van der Waals surface area contributed by atoms with Crippen LogP contribution in [0, 0.1) is 5.92 Å². The van der Waals surface area contributed by atoms with Crippen LogP contribution in [-0.2, 0) is 4.79 Å². The number of nitrogens with one attached hydrogen (secondary N) is 1. The highest BCUT2D eigenvalue weighted by Crippen LogP contribution is 2.24. The molecule has 2 unspecified atom stereocenters. The van der Waals surface area contributed by atoms with Crippen LogP contribution in [0.4, 0.5) is 0 Å². The van der Waals surface area contributed by atoms with Crippen molar-refractivity contribution >= 4 is 5.97 Å². The van der Waals surface area contributed by atoms with E-state index in [9.17, 15) is 4.79 Å². The first-order chi connectivity index (χ1) is 7.74. The third kappa shape index (κ3) is 4.97. The molecule has 0 heterocycles. The highest BCUT2D eigenvalue weighted by atomic mass is 16.4. The van der Waals surface area contributed by atoms with Gasteiger partial charge in [-0.05, 0) is 32.2 Å². The van der Waals surface area contributed by atoms with Crippen molar-refractivity contribution in [3.8, 4) is 0 Å². The van der Waals surface area contributed by atoms with E-state index in [0.717, 1.165) is 32.2 Å². The predicted octanol–water partition coefficient (Wildman–Crippen LogP) is 2.80. The zero-order valence-corrected chi connectivity index (χ0v) is 10.4. The minimum Gasteiger partial charge on any atom is -0.481 e. The van der Waals surface area contributed by atoms with Crippen molar-refractivity contribution in [2.45, 2.75) is 64.3 Å². The second kappa shape index (κ2) is 7.66. The fourth-order valence-electron chi connectivity index (χ4n) is 2.46. The van der Waals surface area contributed by atoms with Crippen molar-refractivity contribution in [3.63, 3.8) is 0 Å². The van der Waals surface area contributed by atoms with Gasteiger partial charge in [0.1, 0.15) is 0 Å². The first-order valence-corrected chi connectivity index (χ1v) is 6.70. The Morgan fingerprint density at radius 1 is 1.31 bits per heavy atom. The molecular weight excluding hydrogens is 202 g/mol. The van der Waals surface area contributed by atoms with Crippen LogP contribution in [0.15, 0.2) is 0 Å². The lowest BCUT2D eigenvalue weighted by molar-refractivity contribution is -0.143. The molecule has 0 saturated heterocycles. The van der Waals surface area contributed by atoms with Crippen LogP contribution in [0.5, 0.6) is 0 Å². The second-order valence-electron chi connectivity index (χ2n) is 4.91. The van der Waals surface area contributed by atoms with Crippen LogP contribution in [0.1, 0.15) is 58.3 Å². The number of carbonyl (C=O) groups is 1. The molecule has 3 heteroatoms. The monoisotopic (exact) mass is 227 g/mol. The first-order valence-electron chi connectivity index (χ1n) is 6.70. The van der Waals surface area contributed by atoms with Crippen LogP contribution in [-0.4, -0.2) is 23.7 Å². The molecule has 2 N–H and O–H groups in total. The lowest BCUT2D eigenvalue weighted by Gasteiger charge is -2.27. The zero-order chi connectivity index (χ0) is 11.8. The molecule has 0 aromatic carbocycles. The Hall–Kier alpha value is -0.570. The minimum absolute atomic E-state index is 0.109. The Kier molecular flexibility index (Phi) is 6.46. The SMILES string of the molecule is CCCCCCNC1CCCC(C(=O)O)C1. The normalized spacial score (nSPS) is 25.6. The van der Waals surface area contributed by atoms with Gasteiger partial charge in [0, 0.05) is 6.04 Å². The Labute approximate surface area is 98.6 Å². The molecular formula is C13H25NO2.